The molecule has 3 atom stereocenters. The molecule has 0 aliphatic heterocycles. The molecular formula is C21H25N3O6S. The zero-order valence-electron chi connectivity index (χ0n) is 16.6. The first-order valence-electron chi connectivity index (χ1n) is 9.45. The highest BCUT2D eigenvalue weighted by molar-refractivity contribution is 7.80. The molecule has 0 bridgehead atoms. The van der Waals surface area contributed by atoms with Crippen molar-refractivity contribution < 1.29 is 29.7 Å². The monoisotopic (exact) mass is 447 g/mol. The van der Waals surface area contributed by atoms with Crippen LogP contribution in [0.25, 0.3) is 0 Å². The fourth-order valence-electron chi connectivity index (χ4n) is 2.79. The van der Waals surface area contributed by atoms with Gasteiger partial charge in [0, 0.05) is 12.2 Å². The molecule has 0 saturated carbocycles. The van der Waals surface area contributed by atoms with E-state index in [1.165, 1.54) is 24.3 Å². The molecule has 3 unspecified atom stereocenters. The molecule has 166 valence electrons. The zero-order chi connectivity index (χ0) is 23.0. The van der Waals surface area contributed by atoms with Crippen LogP contribution in [0.15, 0.2) is 48.5 Å². The van der Waals surface area contributed by atoms with Gasteiger partial charge in [-0.3, -0.25) is 9.59 Å². The molecule has 2 aromatic carbocycles. The minimum atomic E-state index is -1.24. The number of carboxylic acid groups (broad SMARTS) is 1. The van der Waals surface area contributed by atoms with Gasteiger partial charge in [-0.25, -0.2) is 4.79 Å². The normalized spacial score (nSPS) is 13.6. The molecule has 0 saturated heterocycles. The number of carbonyl (C=O) groups is 3. The first-order chi connectivity index (χ1) is 14.7. The Bertz CT molecular complexity index is 904. The summed E-state index contributed by atoms with van der Waals surface area (Å²) in [5, 5.41) is 33.0. The molecule has 0 aliphatic carbocycles. The van der Waals surface area contributed by atoms with Gasteiger partial charge in [0.1, 0.15) is 23.6 Å². The summed E-state index contributed by atoms with van der Waals surface area (Å²) in [5.74, 6) is -2.46. The number of amides is 2. The van der Waals surface area contributed by atoms with Crippen molar-refractivity contribution in [1.29, 1.82) is 0 Å². The van der Waals surface area contributed by atoms with Crippen molar-refractivity contribution in [3.63, 3.8) is 0 Å². The predicted octanol–water partition coefficient (Wildman–Crippen LogP) is 0.194. The fraction of sp³-hybridized carbons (Fsp3) is 0.286. The molecule has 0 spiro atoms. The smallest absolute Gasteiger partial charge is 0.326 e. The number of nitrogens with two attached hydrogens (primary N) is 1. The van der Waals surface area contributed by atoms with Crippen molar-refractivity contribution in [3.05, 3.63) is 59.7 Å². The van der Waals surface area contributed by atoms with Crippen LogP contribution in [0.3, 0.4) is 0 Å². The molecule has 0 radical (unpaired) electrons. The third-order valence-electron chi connectivity index (χ3n) is 4.54. The standard InChI is InChI=1S/C21H25N3O6S/c22-16(9-12-1-5-14(25)6-2-12)19(27)24-18(11-31)20(28)23-17(21(29)30)10-13-3-7-15(26)8-4-13/h1-8,16-18,25-26,31H,9-11,22H2,(H,23,28)(H,24,27)(H,29,30). The summed E-state index contributed by atoms with van der Waals surface area (Å²) in [6.07, 6.45) is 0.181. The quantitative estimate of drug-likeness (QED) is 0.256. The van der Waals surface area contributed by atoms with E-state index in [9.17, 15) is 29.7 Å². The van der Waals surface area contributed by atoms with Crippen molar-refractivity contribution in [3.8, 4) is 11.5 Å². The summed E-state index contributed by atoms with van der Waals surface area (Å²) in [4.78, 5) is 36.5. The second-order valence-corrected chi connectivity index (χ2v) is 7.36. The highest BCUT2D eigenvalue weighted by Gasteiger charge is 2.27. The molecule has 7 N–H and O–H groups in total. The van der Waals surface area contributed by atoms with Gasteiger partial charge in [0.05, 0.1) is 6.04 Å². The van der Waals surface area contributed by atoms with Gasteiger partial charge < -0.3 is 31.7 Å². The van der Waals surface area contributed by atoms with E-state index in [1.54, 1.807) is 24.3 Å². The number of rotatable bonds is 10. The average molecular weight is 448 g/mol. The number of aliphatic carboxylic acids is 1. The van der Waals surface area contributed by atoms with E-state index in [0.29, 0.717) is 5.56 Å². The summed E-state index contributed by atoms with van der Waals surface area (Å²) in [5.41, 5.74) is 7.24. The first kappa shape index (κ1) is 24.0. The molecule has 0 aromatic heterocycles. The predicted molar refractivity (Wildman–Crippen MR) is 117 cm³/mol. The number of carboxylic acids is 1. The second kappa shape index (κ2) is 11.2. The number of benzene rings is 2. The van der Waals surface area contributed by atoms with Crippen LogP contribution in [-0.4, -0.2) is 57.0 Å². The Morgan fingerprint density at radius 3 is 1.71 bits per heavy atom. The number of aromatic hydroxyl groups is 2. The summed E-state index contributed by atoms with van der Waals surface area (Å²) in [6, 6.07) is 8.89. The number of phenolic OH excluding ortho intramolecular Hbond substituents is 2. The lowest BCUT2D eigenvalue weighted by Crippen LogP contribution is -2.55. The van der Waals surface area contributed by atoms with Crippen molar-refractivity contribution in [1.82, 2.24) is 10.6 Å². The zero-order valence-corrected chi connectivity index (χ0v) is 17.5. The van der Waals surface area contributed by atoms with Gasteiger partial charge in [-0.2, -0.15) is 12.6 Å². The number of thiol groups is 1. The van der Waals surface area contributed by atoms with Gasteiger partial charge in [0.15, 0.2) is 0 Å². The average Bonchev–Trinajstić information content (AvgIpc) is 2.74. The van der Waals surface area contributed by atoms with Crippen LogP contribution in [0.2, 0.25) is 0 Å². The van der Waals surface area contributed by atoms with Gasteiger partial charge in [0.25, 0.3) is 0 Å². The van der Waals surface area contributed by atoms with E-state index in [0.717, 1.165) is 5.56 Å². The Kier molecular flexibility index (Phi) is 8.71. The van der Waals surface area contributed by atoms with Gasteiger partial charge >= 0.3 is 5.97 Å². The minimum absolute atomic E-state index is 0.00500. The van der Waals surface area contributed by atoms with Gasteiger partial charge in [-0.1, -0.05) is 24.3 Å². The molecule has 9 nitrogen and oxygen atoms in total. The maximum absolute atomic E-state index is 12.5. The molecule has 0 fully saturated rings. The SMILES string of the molecule is NC(Cc1ccc(O)cc1)C(=O)NC(CS)C(=O)NC(Cc1ccc(O)cc1)C(=O)O. The van der Waals surface area contributed by atoms with E-state index in [-0.39, 0.29) is 30.1 Å². The van der Waals surface area contributed by atoms with E-state index in [1.807, 2.05) is 0 Å². The number of hydrogen-bond acceptors (Lipinski definition) is 7. The van der Waals surface area contributed by atoms with Crippen LogP contribution in [0.4, 0.5) is 0 Å². The van der Waals surface area contributed by atoms with Crippen molar-refractivity contribution >= 4 is 30.4 Å². The Labute approximate surface area is 184 Å². The van der Waals surface area contributed by atoms with Gasteiger partial charge in [-0.15, -0.1) is 0 Å². The molecular weight excluding hydrogens is 422 g/mol. The third-order valence-corrected chi connectivity index (χ3v) is 4.90. The molecule has 2 amide bonds. The van der Waals surface area contributed by atoms with E-state index in [2.05, 4.69) is 23.3 Å². The number of hydrogen-bond donors (Lipinski definition) is 7. The van der Waals surface area contributed by atoms with Crippen molar-refractivity contribution in [2.24, 2.45) is 5.73 Å². The fourth-order valence-corrected chi connectivity index (χ4v) is 3.05. The van der Waals surface area contributed by atoms with Gasteiger partial charge in [-0.05, 0) is 41.8 Å². The lowest BCUT2D eigenvalue weighted by molar-refractivity contribution is -0.142. The summed E-state index contributed by atoms with van der Waals surface area (Å²) in [6.45, 7) is 0. The van der Waals surface area contributed by atoms with Crippen LogP contribution >= 0.6 is 12.6 Å². The topological polar surface area (TPSA) is 162 Å². The highest BCUT2D eigenvalue weighted by atomic mass is 32.1. The lowest BCUT2D eigenvalue weighted by atomic mass is 10.0. The van der Waals surface area contributed by atoms with E-state index < -0.39 is 35.9 Å². The highest BCUT2D eigenvalue weighted by Crippen LogP contribution is 2.12. The third kappa shape index (κ3) is 7.50. The van der Waals surface area contributed by atoms with Crippen molar-refractivity contribution in [2.45, 2.75) is 31.0 Å². The Morgan fingerprint density at radius 2 is 1.26 bits per heavy atom. The van der Waals surface area contributed by atoms with E-state index >= 15 is 0 Å². The van der Waals surface area contributed by atoms with Crippen LogP contribution < -0.4 is 16.4 Å². The molecule has 2 aromatic rings. The summed E-state index contributed by atoms with van der Waals surface area (Å²) >= 11 is 4.07. The maximum Gasteiger partial charge on any atom is 0.326 e. The molecule has 2 rings (SSSR count). The number of phenols is 2. The first-order valence-corrected chi connectivity index (χ1v) is 10.1. The Hall–Kier alpha value is -3.24. The Morgan fingerprint density at radius 1 is 0.806 bits per heavy atom. The van der Waals surface area contributed by atoms with Gasteiger partial charge in [0.2, 0.25) is 11.8 Å². The van der Waals surface area contributed by atoms with Crippen LogP contribution in [0, 0.1) is 0 Å². The van der Waals surface area contributed by atoms with E-state index in [4.69, 9.17) is 5.73 Å². The Balaban J connectivity index is 1.96. The minimum Gasteiger partial charge on any atom is -0.508 e. The summed E-state index contributed by atoms with van der Waals surface area (Å²) < 4.78 is 0. The van der Waals surface area contributed by atoms with Crippen molar-refractivity contribution in [2.75, 3.05) is 5.75 Å². The van der Waals surface area contributed by atoms with Crippen LogP contribution in [0.1, 0.15) is 11.1 Å². The lowest BCUT2D eigenvalue weighted by Gasteiger charge is -2.22. The molecule has 0 aliphatic rings. The van der Waals surface area contributed by atoms with Crippen LogP contribution in [0.5, 0.6) is 11.5 Å². The second-order valence-electron chi connectivity index (χ2n) is 6.99. The molecule has 31 heavy (non-hydrogen) atoms. The maximum atomic E-state index is 12.5. The molecule has 10 heteroatoms. The molecule has 0 heterocycles. The largest absolute Gasteiger partial charge is 0.508 e. The van der Waals surface area contributed by atoms with Crippen LogP contribution in [-0.2, 0) is 27.2 Å². The number of nitrogens with one attached hydrogen (secondary N) is 2. The number of carbonyl (C=O) groups excluding carboxylic acids is 2. The summed E-state index contributed by atoms with van der Waals surface area (Å²) in [7, 11) is 0.